The van der Waals surface area contributed by atoms with Crippen LogP contribution in [0.3, 0.4) is 0 Å². The number of rotatable bonds is 32. The van der Waals surface area contributed by atoms with Crippen molar-refractivity contribution in [2.45, 2.75) is 281 Å². The number of nitrogens with zero attached hydrogens (tertiary/aromatic N) is 11. The van der Waals surface area contributed by atoms with Crippen LogP contribution < -0.4 is 10.6 Å². The number of nitrogens with one attached hydrogen (secondary N) is 2. The van der Waals surface area contributed by atoms with E-state index in [1.807, 2.05) is 189 Å². The molecule has 0 bridgehead atoms. The van der Waals surface area contributed by atoms with E-state index in [-0.39, 0.29) is 121 Å². The van der Waals surface area contributed by atoms with Crippen LogP contribution >= 0.6 is 0 Å². The topological polar surface area (TPSA) is 443 Å². The fraction of sp³-hybridized carbons (Fsp3) is 0.495. The molecular weight excluding hydrogens is 1980 g/mol. The number of carboxylic acid groups (broad SMARTS) is 1. The molecule has 0 aliphatic carbocycles. The number of aliphatic hydroxyl groups is 2. The van der Waals surface area contributed by atoms with E-state index in [2.05, 4.69) is 20.6 Å². The van der Waals surface area contributed by atoms with Crippen LogP contribution in [0, 0.1) is 7.43 Å². The molecule has 0 radical (unpaired) electrons. The first-order valence-electron chi connectivity index (χ1n) is 49.7. The van der Waals surface area contributed by atoms with Gasteiger partial charge < -0.3 is 106 Å². The molecule has 11 heterocycles. The molecule has 5 N–H and O–H groups in total. The molecule has 7 aromatic rings. The Morgan fingerprint density at radius 1 is 0.388 bits per heavy atom. The van der Waals surface area contributed by atoms with Crippen LogP contribution in [0.4, 0.5) is 4.79 Å². The van der Waals surface area contributed by atoms with Gasteiger partial charge in [0.25, 0.3) is 23.6 Å². The summed E-state index contributed by atoms with van der Waals surface area (Å²) in [6.45, 7) is 23.8. The number of esters is 3. The normalized spacial score (nSPS) is 22.8. The number of β-lactam (4-membered cyclic amide) rings is 5. The smallest absolute Gasteiger partial charge is 0.411 e. The minimum Gasteiger partial charge on any atom is -0.480 e. The Kier molecular flexibility index (Phi) is 39.5. The van der Waals surface area contributed by atoms with Crippen LogP contribution in [0.25, 0.3) is 0 Å². The van der Waals surface area contributed by atoms with Gasteiger partial charge in [0.15, 0.2) is 24.2 Å². The van der Waals surface area contributed by atoms with Crippen LogP contribution in [-0.2, 0) is 162 Å². The summed E-state index contributed by atoms with van der Waals surface area (Å²) in [7, 11) is 0. The van der Waals surface area contributed by atoms with E-state index in [9.17, 15) is 77.3 Å². The Bertz CT molecular complexity index is 5690. The zero-order valence-electron chi connectivity index (χ0n) is 85.6. The van der Waals surface area contributed by atoms with Crippen LogP contribution in [0.15, 0.2) is 200 Å². The minimum atomic E-state index is -1.24. The van der Waals surface area contributed by atoms with Gasteiger partial charge in [-0.05, 0) is 166 Å². The van der Waals surface area contributed by atoms with Crippen LogP contribution in [0.2, 0.25) is 0 Å². The number of likely N-dealkylation sites (tertiary alicyclic amines) is 9. The van der Waals surface area contributed by atoms with Crippen molar-refractivity contribution in [2.24, 2.45) is 0 Å². The third kappa shape index (κ3) is 26.3. The molecule has 147 heavy (non-hydrogen) atoms. The molecule has 5 unspecified atom stereocenters. The van der Waals surface area contributed by atoms with Crippen molar-refractivity contribution >= 4 is 83.1 Å². The van der Waals surface area contributed by atoms with Crippen molar-refractivity contribution in [3.63, 3.8) is 0 Å². The number of carboxylic acids is 1. The van der Waals surface area contributed by atoms with Crippen molar-refractivity contribution in [3.8, 4) is 0 Å². The van der Waals surface area contributed by atoms with E-state index < -0.39 is 130 Å². The molecule has 38 heteroatoms. The summed E-state index contributed by atoms with van der Waals surface area (Å²) in [6.07, 6.45) is 5.82. The molecule has 10 aliphatic heterocycles. The largest absolute Gasteiger partial charge is 0.480 e. The Morgan fingerprint density at radius 2 is 0.673 bits per heavy atom. The van der Waals surface area contributed by atoms with Gasteiger partial charge in [-0.2, -0.15) is 0 Å². The average molecular weight is 2120 g/mol. The average Bonchev–Trinajstić information content (AvgIpc) is 1.58. The first kappa shape index (κ1) is 115. The van der Waals surface area contributed by atoms with Gasteiger partial charge in [-0.1, -0.05) is 182 Å². The summed E-state index contributed by atoms with van der Waals surface area (Å²) in [6, 6.07) is 54.3. The standard InChI is InChI=1S/C29H36N2O6.C26H30N2O5.C24H28N2O4.C17H23N5O4.C12H18N2O5.CH3.Pd/c1-21(35-18-22-12-7-5-8-13-22)24(25(32)36-19-23-14-9-6-10-15-23)30-20-29(26(30)33)16-11-17-31(29)27(34)37-28(2,3)4;1-19(32-16-21-10-5-3-6-11-21)23(24(30)33-17-22-12-7-4-8-13-22)27-18-26(25(27)31)14-9-15-28(26)20(2)29;1-18(29-15-19-9-4-2-5-10-19)21(22(27)30-16-20-11-6-3-7-12-20)26-17-24(23(26)28)13-8-14-25-24;1-11(23)14(15(25)20-9-13-18-6-4-7-19-13)21-10-17(16(21)26)5-3-8-22(17)12(2)24;1-7(15)9(10(17)18)13-6-12(11(13)19)4-3-5-14(12)8(2)16;;/h5-10,12-15,21,24H,11,16-20H2,1-4H3;3-8,10-13,19,23H,9,14-18H2,1-2H3;2-7,9-12,18,21,25H,8,13-17H2,1H3;4,6-7,11,14,23H,3,5,8-10H2,1-2H3,(H,20,25);7,9,15H,3-6H2,1-2H3,(H,17,18);1H3;/q;;;;;-1;/t21-,24+,29?;19-,23+,26?;18-,21+,24?;11-,14+,17?;7-,9+,12?;;/m11111../s1. The summed E-state index contributed by atoms with van der Waals surface area (Å²) in [5, 5.41) is 34.6. The number of benzene rings is 6. The second-order valence-corrected chi connectivity index (χ2v) is 39.7. The second-order valence-electron chi connectivity index (χ2n) is 39.7. The number of carbonyl (C=O) groups excluding carboxylic acids is 13. The maximum Gasteiger partial charge on any atom is 0.411 e. The number of hydrogen-bond donors (Lipinski definition) is 5. The van der Waals surface area contributed by atoms with Crippen molar-refractivity contribution in [2.75, 3.05) is 65.4 Å². The fourth-order valence-corrected chi connectivity index (χ4v) is 21.0. The van der Waals surface area contributed by atoms with E-state index in [1.54, 1.807) is 67.8 Å². The molecule has 10 saturated heterocycles. The Hall–Kier alpha value is -12.8. The van der Waals surface area contributed by atoms with E-state index in [4.69, 9.17) is 38.3 Å². The molecule has 15 atom stereocenters. The van der Waals surface area contributed by atoms with Crippen molar-refractivity contribution < 1.29 is 136 Å². The van der Waals surface area contributed by atoms with Crippen LogP contribution in [-0.4, -0.2) is 312 Å². The van der Waals surface area contributed by atoms with Gasteiger partial charge in [0, 0.05) is 86.3 Å². The molecule has 1 aromatic heterocycles. The summed E-state index contributed by atoms with van der Waals surface area (Å²) in [5.74, 6) is -4.30. The minimum absolute atomic E-state index is 0. The molecule has 17 rings (SSSR count). The Balaban J connectivity index is 0.000000177. The number of aliphatic carboxylic acids is 1. The maximum atomic E-state index is 13.7. The first-order valence-corrected chi connectivity index (χ1v) is 49.7. The third-order valence-electron chi connectivity index (χ3n) is 28.4. The quantitative estimate of drug-likeness (QED) is 0.00867. The summed E-state index contributed by atoms with van der Waals surface area (Å²) >= 11 is 0. The molecule has 10 fully saturated rings. The van der Waals surface area contributed by atoms with E-state index in [0.29, 0.717) is 97.0 Å². The van der Waals surface area contributed by atoms with Crippen molar-refractivity contribution in [3.05, 3.63) is 247 Å². The Morgan fingerprint density at radius 3 is 0.946 bits per heavy atom. The third-order valence-corrected chi connectivity index (χ3v) is 28.4. The van der Waals surface area contributed by atoms with Crippen molar-refractivity contribution in [1.82, 2.24) is 64.7 Å². The molecule has 5 spiro atoms. The van der Waals surface area contributed by atoms with Gasteiger partial charge in [-0.25, -0.2) is 33.9 Å². The van der Waals surface area contributed by atoms with Gasteiger partial charge >= 0.3 is 30.0 Å². The predicted molar refractivity (Wildman–Crippen MR) is 533 cm³/mol. The van der Waals surface area contributed by atoms with E-state index >= 15 is 0 Å². The van der Waals surface area contributed by atoms with Gasteiger partial charge in [0.1, 0.15) is 65.0 Å². The molecule has 10 aliphatic rings. The second kappa shape index (κ2) is 50.7. The van der Waals surface area contributed by atoms with Gasteiger partial charge in [-0.15, -0.1) is 0 Å². The monoisotopic (exact) mass is 2120 g/mol. The summed E-state index contributed by atoms with van der Waals surface area (Å²) < 4.78 is 40.5. The van der Waals surface area contributed by atoms with E-state index in [0.717, 1.165) is 76.9 Å². The van der Waals surface area contributed by atoms with Crippen LogP contribution in [0.1, 0.15) is 180 Å². The van der Waals surface area contributed by atoms with Gasteiger partial charge in [-0.3, -0.25) is 48.1 Å². The van der Waals surface area contributed by atoms with E-state index in [1.165, 1.54) is 59.1 Å². The number of aliphatic hydroxyl groups excluding tert-OH is 2. The first-order chi connectivity index (χ1) is 69.3. The number of ether oxygens (including phenoxy) is 7. The molecule has 10 amide bonds. The predicted octanol–water partition coefficient (Wildman–Crippen LogP) is 8.47. The number of aromatic nitrogens is 2. The zero-order valence-corrected chi connectivity index (χ0v) is 87.1. The van der Waals surface area contributed by atoms with Gasteiger partial charge in [0.2, 0.25) is 29.5 Å². The zero-order chi connectivity index (χ0) is 104. The summed E-state index contributed by atoms with van der Waals surface area (Å²) in [5.41, 5.74) is 0.885. The molecule has 794 valence electrons. The number of amides is 10. The molecule has 37 nitrogen and oxygen atoms in total. The summed E-state index contributed by atoms with van der Waals surface area (Å²) in [4.78, 5) is 198. The Labute approximate surface area is 872 Å². The fourth-order valence-electron chi connectivity index (χ4n) is 21.0. The molecular formula is C109H138N13O24Pd-. The van der Waals surface area contributed by atoms with Gasteiger partial charge in [0.05, 0.1) is 83.1 Å². The SMILES string of the molecule is CC(=O)N1CCCC12CN([C@H](C(=O)NCc1ncccn1)[C@@H](C)O)C2=O.CC(=O)N1CCCC12CN([C@H](C(=O)O)[C@@H](C)O)C2=O.CC(=O)N1CCCC12CN([C@H](C(=O)OCc1ccccc1)[C@@H](C)OCc1ccccc1)C2=O.C[C@@H](OCc1ccccc1)[C@@H](C(=O)OCc1ccccc1)N1CC2(CCCN2)C1=O.C[C@@H](OCc1ccccc1)[C@@H](C(=O)OCc1ccccc1)N1CC2(CCCN2C(=O)OC(C)(C)C)C1=O.[CH3-].[Pd]. The van der Waals surface area contributed by atoms with Crippen molar-refractivity contribution in [1.29, 1.82) is 0 Å². The molecule has 0 saturated carbocycles. The number of carbonyl (C=O) groups is 14. The molecule has 6 aromatic carbocycles. The van der Waals surface area contributed by atoms with Crippen LogP contribution in [0.5, 0.6) is 0 Å². The number of hydrogen-bond acceptors (Lipinski definition) is 26. The maximum absolute atomic E-state index is 13.7.